The summed E-state index contributed by atoms with van der Waals surface area (Å²) in [5.74, 6) is -0.0277. The van der Waals surface area contributed by atoms with Crippen molar-refractivity contribution in [3.63, 3.8) is 0 Å². The molecule has 0 radical (unpaired) electrons. The molecule has 0 spiro atoms. The van der Waals surface area contributed by atoms with E-state index in [0.29, 0.717) is 11.7 Å². The molecule has 1 N–H and O–H groups in total. The molecule has 27 heavy (non-hydrogen) atoms. The van der Waals surface area contributed by atoms with E-state index in [1.165, 1.54) is 16.2 Å². The first-order valence-electron chi connectivity index (χ1n) is 8.68. The highest BCUT2D eigenvalue weighted by molar-refractivity contribution is 7.15. The Balaban J connectivity index is 1.22. The van der Waals surface area contributed by atoms with Crippen LogP contribution in [-0.4, -0.2) is 63.6 Å². The Hall–Kier alpha value is -1.72. The Kier molecular flexibility index (Phi) is 5.89. The van der Waals surface area contributed by atoms with Gasteiger partial charge in [0, 0.05) is 31.6 Å². The molecule has 0 unspecified atom stereocenters. The lowest BCUT2D eigenvalue weighted by atomic mass is 10.3. The number of hydrogen-bond donors (Lipinski definition) is 1. The van der Waals surface area contributed by atoms with Crippen LogP contribution in [0.1, 0.15) is 10.0 Å². The number of nitrogens with one attached hydrogen (secondary N) is 1. The van der Waals surface area contributed by atoms with E-state index in [2.05, 4.69) is 48.2 Å². The van der Waals surface area contributed by atoms with Crippen molar-refractivity contribution in [2.45, 2.75) is 13.5 Å². The molecule has 1 saturated heterocycles. The van der Waals surface area contributed by atoms with Crippen molar-refractivity contribution in [2.75, 3.05) is 38.0 Å². The average molecular weight is 421 g/mol. The predicted molar refractivity (Wildman–Crippen MR) is 110 cm³/mol. The number of nitrogens with zero attached hydrogens (tertiary/aromatic N) is 5. The molecule has 3 aromatic rings. The molecule has 1 aliphatic heterocycles. The molecule has 0 aromatic carbocycles. The van der Waals surface area contributed by atoms with Crippen molar-refractivity contribution in [1.29, 1.82) is 0 Å². The van der Waals surface area contributed by atoms with Gasteiger partial charge >= 0.3 is 0 Å². The van der Waals surface area contributed by atoms with Gasteiger partial charge in [-0.3, -0.25) is 19.9 Å². The van der Waals surface area contributed by atoms with Crippen LogP contribution in [0.15, 0.2) is 22.9 Å². The fraction of sp³-hybridized carbons (Fsp3) is 0.412. The Morgan fingerprint density at radius 1 is 1.19 bits per heavy atom. The van der Waals surface area contributed by atoms with Crippen molar-refractivity contribution in [2.24, 2.45) is 0 Å². The second kappa shape index (κ2) is 8.53. The van der Waals surface area contributed by atoms with Gasteiger partial charge in [-0.2, -0.15) is 0 Å². The molecule has 1 amide bonds. The Morgan fingerprint density at radius 2 is 2.00 bits per heavy atom. The lowest BCUT2D eigenvalue weighted by Gasteiger charge is -2.33. The summed E-state index contributed by atoms with van der Waals surface area (Å²) in [6.07, 6.45) is 0. The molecule has 0 atom stereocenters. The van der Waals surface area contributed by atoms with Crippen molar-refractivity contribution >= 4 is 45.0 Å². The third kappa shape index (κ3) is 4.96. The molecule has 1 aliphatic rings. The van der Waals surface area contributed by atoms with Crippen molar-refractivity contribution < 1.29 is 4.79 Å². The Bertz CT molecular complexity index is 882. The number of aromatic nitrogens is 3. The second-order valence-electron chi connectivity index (χ2n) is 6.33. The summed E-state index contributed by atoms with van der Waals surface area (Å²) in [7, 11) is 0. The first-order chi connectivity index (χ1) is 13.2. The molecule has 3 aromatic heterocycles. The quantitative estimate of drug-likeness (QED) is 0.661. The summed E-state index contributed by atoms with van der Waals surface area (Å²) in [6.45, 7) is 6.79. The van der Waals surface area contributed by atoms with E-state index in [4.69, 9.17) is 4.98 Å². The first-order valence-corrected chi connectivity index (χ1v) is 11.3. The minimum absolute atomic E-state index is 0.0277. The van der Waals surface area contributed by atoms with E-state index >= 15 is 0 Å². The molecule has 0 bridgehead atoms. The number of hydrogen-bond acceptors (Lipinski definition) is 9. The number of carbonyl (C=O) groups excluding carboxylic acids is 1. The zero-order valence-electron chi connectivity index (χ0n) is 14.9. The SMILES string of the molecule is Cc1nnc(NC(=O)CN2CCN(Cc3nc(-c4cccs4)cs3)CC2)s1. The summed E-state index contributed by atoms with van der Waals surface area (Å²) < 4.78 is 0. The van der Waals surface area contributed by atoms with E-state index in [0.717, 1.165) is 48.4 Å². The topological polar surface area (TPSA) is 74.2 Å². The maximum Gasteiger partial charge on any atom is 0.240 e. The summed E-state index contributed by atoms with van der Waals surface area (Å²) in [5.41, 5.74) is 1.08. The molecule has 4 rings (SSSR count). The minimum atomic E-state index is -0.0277. The molecule has 1 fully saturated rings. The van der Waals surface area contributed by atoms with Crippen LogP contribution in [0.25, 0.3) is 10.6 Å². The fourth-order valence-corrected chi connectivity index (χ4v) is 5.13. The highest BCUT2D eigenvalue weighted by Crippen LogP contribution is 2.26. The highest BCUT2D eigenvalue weighted by atomic mass is 32.1. The van der Waals surface area contributed by atoms with Crippen LogP contribution in [0.2, 0.25) is 0 Å². The summed E-state index contributed by atoms with van der Waals surface area (Å²) in [5, 5.41) is 17.5. The van der Waals surface area contributed by atoms with Crippen molar-refractivity contribution in [1.82, 2.24) is 25.0 Å². The molecular weight excluding hydrogens is 400 g/mol. The van der Waals surface area contributed by atoms with Gasteiger partial charge in [-0.1, -0.05) is 17.4 Å². The van der Waals surface area contributed by atoms with Gasteiger partial charge in [-0.25, -0.2) is 4.98 Å². The highest BCUT2D eigenvalue weighted by Gasteiger charge is 2.20. The van der Waals surface area contributed by atoms with Gasteiger partial charge < -0.3 is 0 Å². The molecule has 7 nitrogen and oxygen atoms in total. The fourth-order valence-electron chi connectivity index (χ4n) is 2.93. The van der Waals surface area contributed by atoms with Crippen LogP contribution in [0.4, 0.5) is 5.13 Å². The smallest absolute Gasteiger partial charge is 0.240 e. The Morgan fingerprint density at radius 3 is 2.70 bits per heavy atom. The van der Waals surface area contributed by atoms with Gasteiger partial charge in [0.2, 0.25) is 11.0 Å². The van der Waals surface area contributed by atoms with E-state index in [9.17, 15) is 4.79 Å². The third-order valence-corrected chi connectivity index (χ3v) is 6.77. The molecule has 10 heteroatoms. The van der Waals surface area contributed by atoms with Crippen LogP contribution in [0.3, 0.4) is 0 Å². The first kappa shape index (κ1) is 18.6. The van der Waals surface area contributed by atoms with Crippen molar-refractivity contribution in [3.8, 4) is 10.6 Å². The molecule has 0 aliphatic carbocycles. The van der Waals surface area contributed by atoms with Crippen LogP contribution >= 0.6 is 34.0 Å². The van der Waals surface area contributed by atoms with Gasteiger partial charge in [0.25, 0.3) is 0 Å². The lowest BCUT2D eigenvalue weighted by Crippen LogP contribution is -2.48. The van der Waals surface area contributed by atoms with Gasteiger partial charge in [-0.15, -0.1) is 32.9 Å². The van der Waals surface area contributed by atoms with Gasteiger partial charge in [0.05, 0.1) is 23.7 Å². The van der Waals surface area contributed by atoms with Crippen LogP contribution in [0.5, 0.6) is 0 Å². The van der Waals surface area contributed by atoms with E-state index < -0.39 is 0 Å². The zero-order chi connectivity index (χ0) is 18.6. The molecule has 4 heterocycles. The average Bonchev–Trinajstić information content (AvgIpc) is 3.39. The van der Waals surface area contributed by atoms with Crippen LogP contribution < -0.4 is 5.32 Å². The summed E-state index contributed by atoms with van der Waals surface area (Å²) in [6, 6.07) is 4.16. The minimum Gasteiger partial charge on any atom is -0.299 e. The maximum atomic E-state index is 12.1. The standard InChI is InChI=1S/C17H20N6OS3/c1-12-20-21-17(27-12)19-15(24)9-22-4-6-23(7-5-22)10-16-18-13(11-26-16)14-3-2-8-25-14/h2-3,8,11H,4-7,9-10H2,1H3,(H,19,21,24). The number of amides is 1. The number of piperazine rings is 1. The largest absolute Gasteiger partial charge is 0.299 e. The number of thiophene rings is 1. The summed E-state index contributed by atoms with van der Waals surface area (Å²) in [4.78, 5) is 22.7. The molecule has 0 saturated carbocycles. The second-order valence-corrected chi connectivity index (χ2v) is 9.40. The number of rotatable bonds is 6. The summed E-state index contributed by atoms with van der Waals surface area (Å²) >= 11 is 4.84. The van der Waals surface area contributed by atoms with Crippen LogP contribution in [0, 0.1) is 6.92 Å². The zero-order valence-corrected chi connectivity index (χ0v) is 17.4. The number of aryl methyl sites for hydroxylation is 1. The third-order valence-electron chi connectivity index (χ3n) is 4.29. The van der Waals surface area contributed by atoms with E-state index in [-0.39, 0.29) is 5.91 Å². The predicted octanol–water partition coefficient (Wildman–Crippen LogP) is 2.79. The Labute approximate surface area is 169 Å². The number of carbonyl (C=O) groups is 1. The maximum absolute atomic E-state index is 12.1. The van der Waals surface area contributed by atoms with Gasteiger partial charge in [0.15, 0.2) is 0 Å². The number of thiazole rings is 1. The van der Waals surface area contributed by atoms with Gasteiger partial charge in [-0.05, 0) is 18.4 Å². The molecular formula is C17H20N6OS3. The van der Waals surface area contributed by atoms with Gasteiger partial charge in [0.1, 0.15) is 10.0 Å². The number of anilines is 1. The molecule has 142 valence electrons. The normalized spacial score (nSPS) is 15.9. The van der Waals surface area contributed by atoms with E-state index in [1.54, 1.807) is 22.7 Å². The van der Waals surface area contributed by atoms with Crippen LogP contribution in [-0.2, 0) is 11.3 Å². The van der Waals surface area contributed by atoms with E-state index in [1.807, 2.05) is 6.92 Å². The lowest BCUT2D eigenvalue weighted by molar-refractivity contribution is -0.117. The van der Waals surface area contributed by atoms with Crippen molar-refractivity contribution in [3.05, 3.63) is 32.9 Å². The monoisotopic (exact) mass is 420 g/mol.